The average molecular weight is 293 g/mol. The van der Waals surface area contributed by atoms with Crippen molar-refractivity contribution in [3.05, 3.63) is 18.2 Å². The highest BCUT2D eigenvalue weighted by atomic mass is 32.2. The van der Waals surface area contributed by atoms with Crippen LogP contribution in [0.5, 0.6) is 5.75 Å². The highest BCUT2D eigenvalue weighted by molar-refractivity contribution is 7.99. The van der Waals surface area contributed by atoms with Crippen molar-refractivity contribution in [2.24, 2.45) is 5.92 Å². The topological polar surface area (TPSA) is 49.9 Å². The summed E-state index contributed by atoms with van der Waals surface area (Å²) in [4.78, 5) is 7.94. The molecule has 0 radical (unpaired) electrons. The molecule has 0 aliphatic rings. The minimum absolute atomic E-state index is 0.483. The van der Waals surface area contributed by atoms with E-state index >= 15 is 0 Å². The van der Waals surface area contributed by atoms with Gasteiger partial charge in [-0.2, -0.15) is 0 Å². The quantitative estimate of drug-likeness (QED) is 0.769. The van der Waals surface area contributed by atoms with Crippen LogP contribution in [-0.2, 0) is 0 Å². The SMILES string of the molecule is COc1ccc2nc(SC(C)CNCC(C)C)[nH]c2c1. The Labute approximate surface area is 124 Å². The predicted octanol–water partition coefficient (Wildman–Crippen LogP) is 3.30. The zero-order valence-corrected chi connectivity index (χ0v) is 13.4. The van der Waals surface area contributed by atoms with Gasteiger partial charge in [0.05, 0.1) is 18.1 Å². The lowest BCUT2D eigenvalue weighted by Gasteiger charge is -2.12. The Balaban J connectivity index is 1.95. The molecule has 110 valence electrons. The maximum absolute atomic E-state index is 5.22. The number of hydrogen-bond donors (Lipinski definition) is 2. The summed E-state index contributed by atoms with van der Waals surface area (Å²) in [6.45, 7) is 8.70. The molecule has 2 rings (SSSR count). The number of nitrogens with zero attached hydrogens (tertiary/aromatic N) is 1. The van der Waals surface area contributed by atoms with Crippen LogP contribution in [0.25, 0.3) is 11.0 Å². The summed E-state index contributed by atoms with van der Waals surface area (Å²) < 4.78 is 5.22. The predicted molar refractivity (Wildman–Crippen MR) is 85.7 cm³/mol. The van der Waals surface area contributed by atoms with Gasteiger partial charge in [0, 0.05) is 17.9 Å². The highest BCUT2D eigenvalue weighted by Gasteiger charge is 2.09. The zero-order chi connectivity index (χ0) is 14.5. The van der Waals surface area contributed by atoms with Crippen molar-refractivity contribution in [1.82, 2.24) is 15.3 Å². The number of aromatic nitrogens is 2. The fourth-order valence-electron chi connectivity index (χ4n) is 1.96. The minimum atomic E-state index is 0.483. The van der Waals surface area contributed by atoms with E-state index in [0.29, 0.717) is 11.2 Å². The lowest BCUT2D eigenvalue weighted by Crippen LogP contribution is -2.26. The third-order valence-electron chi connectivity index (χ3n) is 2.96. The first-order valence-corrected chi connectivity index (χ1v) is 7.87. The van der Waals surface area contributed by atoms with Gasteiger partial charge in [0.25, 0.3) is 0 Å². The number of H-pyrrole nitrogens is 1. The normalized spacial score (nSPS) is 13.1. The van der Waals surface area contributed by atoms with Gasteiger partial charge in [0.1, 0.15) is 5.75 Å². The molecule has 0 saturated heterocycles. The van der Waals surface area contributed by atoms with Crippen molar-refractivity contribution in [2.45, 2.75) is 31.2 Å². The molecular formula is C15H23N3OS. The van der Waals surface area contributed by atoms with E-state index in [9.17, 15) is 0 Å². The van der Waals surface area contributed by atoms with Crippen molar-refractivity contribution in [2.75, 3.05) is 20.2 Å². The molecule has 1 aromatic heterocycles. The first kappa shape index (κ1) is 15.2. The summed E-state index contributed by atoms with van der Waals surface area (Å²) in [6.07, 6.45) is 0. The van der Waals surface area contributed by atoms with Crippen molar-refractivity contribution < 1.29 is 4.74 Å². The van der Waals surface area contributed by atoms with E-state index in [2.05, 4.69) is 36.1 Å². The van der Waals surface area contributed by atoms with Crippen LogP contribution in [0, 0.1) is 5.92 Å². The van der Waals surface area contributed by atoms with E-state index < -0.39 is 0 Å². The van der Waals surface area contributed by atoms with Crippen molar-refractivity contribution >= 4 is 22.8 Å². The van der Waals surface area contributed by atoms with Gasteiger partial charge in [-0.05, 0) is 24.6 Å². The fourth-order valence-corrected chi connectivity index (χ4v) is 2.86. The number of methoxy groups -OCH3 is 1. The molecule has 1 heterocycles. The second-order valence-electron chi connectivity index (χ2n) is 5.41. The minimum Gasteiger partial charge on any atom is -0.497 e. The summed E-state index contributed by atoms with van der Waals surface area (Å²) in [5, 5.41) is 4.92. The van der Waals surface area contributed by atoms with Crippen LogP contribution >= 0.6 is 11.8 Å². The number of fused-ring (bicyclic) bond motifs is 1. The molecule has 5 heteroatoms. The maximum Gasteiger partial charge on any atom is 0.166 e. The van der Waals surface area contributed by atoms with Crippen molar-refractivity contribution in [1.29, 1.82) is 0 Å². The standard InChI is InChI=1S/C15H23N3OS/c1-10(2)8-16-9-11(3)20-15-17-13-6-5-12(19-4)7-14(13)18-15/h5-7,10-11,16H,8-9H2,1-4H3,(H,17,18). The molecule has 1 atom stereocenters. The van der Waals surface area contributed by atoms with E-state index in [4.69, 9.17) is 4.74 Å². The maximum atomic E-state index is 5.22. The highest BCUT2D eigenvalue weighted by Crippen LogP contribution is 2.25. The number of thioether (sulfide) groups is 1. The molecule has 20 heavy (non-hydrogen) atoms. The van der Waals surface area contributed by atoms with Crippen LogP contribution in [0.15, 0.2) is 23.4 Å². The van der Waals surface area contributed by atoms with Gasteiger partial charge in [-0.15, -0.1) is 0 Å². The Hall–Kier alpha value is -1.20. The van der Waals surface area contributed by atoms with Crippen LogP contribution in [-0.4, -0.2) is 35.4 Å². The smallest absolute Gasteiger partial charge is 0.166 e. The average Bonchev–Trinajstić information content (AvgIpc) is 2.78. The molecule has 0 spiro atoms. The van der Waals surface area contributed by atoms with Gasteiger partial charge in [0.2, 0.25) is 0 Å². The van der Waals surface area contributed by atoms with Crippen molar-refractivity contribution in [3.8, 4) is 5.75 Å². The number of imidazole rings is 1. The molecule has 2 N–H and O–H groups in total. The molecule has 0 aliphatic carbocycles. The Kier molecular flexibility index (Phi) is 5.31. The molecule has 0 aliphatic heterocycles. The first-order valence-electron chi connectivity index (χ1n) is 6.99. The van der Waals surface area contributed by atoms with Gasteiger partial charge in [0.15, 0.2) is 5.16 Å². The van der Waals surface area contributed by atoms with Crippen LogP contribution in [0.4, 0.5) is 0 Å². The van der Waals surface area contributed by atoms with Crippen LogP contribution < -0.4 is 10.1 Å². The third-order valence-corrected chi connectivity index (χ3v) is 3.95. The second kappa shape index (κ2) is 6.99. The summed E-state index contributed by atoms with van der Waals surface area (Å²) in [6, 6.07) is 5.90. The summed E-state index contributed by atoms with van der Waals surface area (Å²) >= 11 is 1.76. The molecule has 0 fully saturated rings. The zero-order valence-electron chi connectivity index (χ0n) is 12.6. The lowest BCUT2D eigenvalue weighted by atomic mass is 10.2. The van der Waals surface area contributed by atoms with Gasteiger partial charge in [-0.25, -0.2) is 4.98 Å². The molecule has 2 aromatic rings. The Bertz CT molecular complexity index is 553. The monoisotopic (exact) mass is 293 g/mol. The van der Waals surface area contributed by atoms with Crippen LogP contribution in [0.1, 0.15) is 20.8 Å². The summed E-state index contributed by atoms with van der Waals surface area (Å²) in [7, 11) is 1.68. The van der Waals surface area contributed by atoms with E-state index in [0.717, 1.165) is 35.0 Å². The molecule has 4 nitrogen and oxygen atoms in total. The fraction of sp³-hybridized carbons (Fsp3) is 0.533. The summed E-state index contributed by atoms with van der Waals surface area (Å²) in [5.41, 5.74) is 2.00. The Morgan fingerprint density at radius 1 is 1.30 bits per heavy atom. The first-order chi connectivity index (χ1) is 9.58. The molecule has 1 aromatic carbocycles. The number of hydrogen-bond acceptors (Lipinski definition) is 4. The largest absolute Gasteiger partial charge is 0.497 e. The number of ether oxygens (including phenoxy) is 1. The van der Waals surface area contributed by atoms with E-state index in [1.54, 1.807) is 18.9 Å². The summed E-state index contributed by atoms with van der Waals surface area (Å²) in [5.74, 6) is 1.54. The van der Waals surface area contributed by atoms with Gasteiger partial charge in [-0.3, -0.25) is 0 Å². The second-order valence-corrected chi connectivity index (χ2v) is 6.83. The number of rotatable bonds is 7. The molecule has 0 bridgehead atoms. The number of aromatic amines is 1. The number of benzene rings is 1. The van der Waals surface area contributed by atoms with Gasteiger partial charge < -0.3 is 15.0 Å². The Morgan fingerprint density at radius 2 is 2.10 bits per heavy atom. The van der Waals surface area contributed by atoms with E-state index in [1.807, 2.05) is 18.2 Å². The molecule has 0 saturated carbocycles. The van der Waals surface area contributed by atoms with Crippen molar-refractivity contribution in [3.63, 3.8) is 0 Å². The molecule has 0 amide bonds. The van der Waals surface area contributed by atoms with E-state index in [-0.39, 0.29) is 0 Å². The Morgan fingerprint density at radius 3 is 2.80 bits per heavy atom. The van der Waals surface area contributed by atoms with Gasteiger partial charge >= 0.3 is 0 Å². The number of nitrogens with one attached hydrogen (secondary N) is 2. The van der Waals surface area contributed by atoms with Crippen LogP contribution in [0.2, 0.25) is 0 Å². The molecule has 1 unspecified atom stereocenters. The molecular weight excluding hydrogens is 270 g/mol. The third kappa shape index (κ3) is 4.15. The van der Waals surface area contributed by atoms with Crippen LogP contribution in [0.3, 0.4) is 0 Å². The lowest BCUT2D eigenvalue weighted by molar-refractivity contribution is 0.415. The van der Waals surface area contributed by atoms with Gasteiger partial charge in [-0.1, -0.05) is 32.5 Å². The van der Waals surface area contributed by atoms with E-state index in [1.165, 1.54) is 0 Å².